The highest BCUT2D eigenvalue weighted by molar-refractivity contribution is 6.29. The molecule has 0 bridgehead atoms. The number of aliphatic hydroxyl groups excluding tert-OH is 1. The van der Waals surface area contributed by atoms with Gasteiger partial charge in [-0.3, -0.25) is 4.79 Å². The largest absolute Gasteiger partial charge is 0.471 e. The van der Waals surface area contributed by atoms with Gasteiger partial charge in [-0.15, -0.1) is 0 Å². The maximum Gasteiger partial charge on any atom is 0.218 e. The van der Waals surface area contributed by atoms with Crippen LogP contribution in [0.15, 0.2) is 30.6 Å². The van der Waals surface area contributed by atoms with Crippen LogP contribution in [-0.4, -0.2) is 45.3 Å². The van der Waals surface area contributed by atoms with Gasteiger partial charge in [0.05, 0.1) is 12.1 Å². The number of hydrogen-bond donors (Lipinski definition) is 3. The van der Waals surface area contributed by atoms with Crippen molar-refractivity contribution in [1.82, 2.24) is 20.6 Å². The number of aromatic nitrogens is 2. The Kier molecular flexibility index (Phi) is 7.69. The first-order chi connectivity index (χ1) is 16.5. The van der Waals surface area contributed by atoms with Crippen LogP contribution in [-0.2, 0) is 17.6 Å². The van der Waals surface area contributed by atoms with E-state index in [9.17, 15) is 9.90 Å². The van der Waals surface area contributed by atoms with Gasteiger partial charge in [-0.1, -0.05) is 32.4 Å². The topological polar surface area (TPSA) is 96.4 Å². The van der Waals surface area contributed by atoms with E-state index in [2.05, 4.69) is 42.5 Å². The molecule has 35 heavy (non-hydrogen) atoms. The van der Waals surface area contributed by atoms with E-state index in [4.69, 9.17) is 21.3 Å². The van der Waals surface area contributed by atoms with Crippen molar-refractivity contribution < 1.29 is 14.6 Å². The van der Waals surface area contributed by atoms with Gasteiger partial charge in [-0.25, -0.2) is 9.97 Å². The normalized spacial score (nSPS) is 20.3. The fourth-order valence-corrected chi connectivity index (χ4v) is 5.32. The number of amides is 1. The van der Waals surface area contributed by atoms with Crippen molar-refractivity contribution in [2.75, 3.05) is 6.54 Å². The zero-order valence-corrected chi connectivity index (χ0v) is 21.9. The molecule has 8 heteroatoms. The Morgan fingerprint density at radius 2 is 2.06 bits per heavy atom. The van der Waals surface area contributed by atoms with Crippen LogP contribution in [0.1, 0.15) is 76.1 Å². The molecule has 1 spiro atoms. The van der Waals surface area contributed by atoms with Gasteiger partial charge in [0.15, 0.2) is 0 Å². The summed E-state index contributed by atoms with van der Waals surface area (Å²) in [5, 5.41) is 18.0. The van der Waals surface area contributed by atoms with Crippen molar-refractivity contribution in [2.45, 2.75) is 90.0 Å². The number of hydrogen-bond acceptors (Lipinski definition) is 6. The van der Waals surface area contributed by atoms with Crippen molar-refractivity contribution >= 4 is 17.5 Å². The maximum atomic E-state index is 11.9. The summed E-state index contributed by atoms with van der Waals surface area (Å²) >= 11 is 6.03. The molecule has 0 radical (unpaired) electrons. The molecular formula is C27H37ClN4O3. The Morgan fingerprint density at radius 3 is 2.69 bits per heavy atom. The van der Waals surface area contributed by atoms with Crippen LogP contribution < -0.4 is 15.4 Å². The predicted molar refractivity (Wildman–Crippen MR) is 137 cm³/mol. The molecule has 2 aliphatic rings. The third kappa shape index (κ3) is 6.72. The maximum absolute atomic E-state index is 11.9. The number of aliphatic hydroxyl groups is 1. The highest BCUT2D eigenvalue weighted by Gasteiger charge is 2.46. The predicted octanol–water partition coefficient (Wildman–Crippen LogP) is 4.16. The number of carbonyl (C=O) groups excluding carboxylic acids is 1. The molecule has 2 aromatic rings. The SMILES string of the molecule is CC(=O)N[C@@H](Cc1ccnc(Cl)c1)[C@H](O)CN[C@H]1CC2(CCC2)Oc2ncc(CC(C)(C)C)cc21. The monoisotopic (exact) mass is 500 g/mol. The quantitative estimate of drug-likeness (QED) is 0.471. The van der Waals surface area contributed by atoms with Crippen LogP contribution in [0, 0.1) is 5.41 Å². The van der Waals surface area contributed by atoms with Crippen molar-refractivity contribution in [2.24, 2.45) is 5.41 Å². The van der Waals surface area contributed by atoms with Gasteiger partial charge in [0, 0.05) is 43.9 Å². The summed E-state index contributed by atoms with van der Waals surface area (Å²) in [5.41, 5.74) is 3.12. The van der Waals surface area contributed by atoms with Crippen molar-refractivity contribution in [3.63, 3.8) is 0 Å². The lowest BCUT2D eigenvalue weighted by Crippen LogP contribution is -2.52. The third-order valence-corrected chi connectivity index (χ3v) is 7.08. The number of nitrogens with zero attached hydrogens (tertiary/aromatic N) is 2. The van der Waals surface area contributed by atoms with E-state index in [0.717, 1.165) is 43.2 Å². The summed E-state index contributed by atoms with van der Waals surface area (Å²) in [6.07, 6.45) is 8.20. The highest BCUT2D eigenvalue weighted by Crippen LogP contribution is 2.48. The molecule has 1 aliphatic heterocycles. The lowest BCUT2D eigenvalue weighted by atomic mass is 9.73. The van der Waals surface area contributed by atoms with Gasteiger partial charge in [0.25, 0.3) is 0 Å². The highest BCUT2D eigenvalue weighted by atomic mass is 35.5. The lowest BCUT2D eigenvalue weighted by molar-refractivity contribution is -0.120. The van der Waals surface area contributed by atoms with Crippen molar-refractivity contribution in [1.29, 1.82) is 0 Å². The van der Waals surface area contributed by atoms with Crippen molar-refractivity contribution in [3.05, 3.63) is 52.4 Å². The summed E-state index contributed by atoms with van der Waals surface area (Å²) in [4.78, 5) is 20.6. The Balaban J connectivity index is 1.50. The van der Waals surface area contributed by atoms with Crippen LogP contribution in [0.4, 0.5) is 0 Å². The molecule has 190 valence electrons. The molecule has 1 amide bonds. The Morgan fingerprint density at radius 1 is 1.29 bits per heavy atom. The van der Waals surface area contributed by atoms with E-state index in [1.165, 1.54) is 12.5 Å². The zero-order valence-electron chi connectivity index (χ0n) is 21.1. The van der Waals surface area contributed by atoms with E-state index in [1.54, 1.807) is 12.3 Å². The second-order valence-electron chi connectivity index (χ2n) is 11.3. The Hall–Kier alpha value is -2.22. The first-order valence-corrected chi connectivity index (χ1v) is 12.9. The second-order valence-corrected chi connectivity index (χ2v) is 11.7. The van der Waals surface area contributed by atoms with Crippen LogP contribution in [0.2, 0.25) is 5.15 Å². The van der Waals surface area contributed by atoms with Gasteiger partial charge in [-0.2, -0.15) is 0 Å². The average Bonchev–Trinajstić information content (AvgIpc) is 2.74. The van der Waals surface area contributed by atoms with E-state index in [1.807, 2.05) is 12.3 Å². The van der Waals surface area contributed by atoms with Crippen LogP contribution in [0.25, 0.3) is 0 Å². The Bertz CT molecular complexity index is 1050. The van der Waals surface area contributed by atoms with Gasteiger partial charge in [0.2, 0.25) is 11.8 Å². The van der Waals surface area contributed by atoms with Crippen LogP contribution in [0.3, 0.4) is 0 Å². The molecular weight excluding hydrogens is 464 g/mol. The summed E-state index contributed by atoms with van der Waals surface area (Å²) < 4.78 is 6.38. The van der Waals surface area contributed by atoms with Crippen LogP contribution >= 0.6 is 11.6 Å². The molecule has 4 rings (SSSR count). The number of carbonyl (C=O) groups is 1. The number of pyridine rings is 2. The molecule has 0 saturated heterocycles. The molecule has 1 fully saturated rings. The second kappa shape index (κ2) is 10.4. The van der Waals surface area contributed by atoms with E-state index < -0.39 is 12.1 Å². The van der Waals surface area contributed by atoms with E-state index >= 15 is 0 Å². The van der Waals surface area contributed by atoms with Gasteiger partial charge in [-0.05, 0) is 66.8 Å². The number of nitrogens with one attached hydrogen (secondary N) is 2. The van der Waals surface area contributed by atoms with Gasteiger partial charge >= 0.3 is 0 Å². The minimum absolute atomic E-state index is 0.0227. The first kappa shape index (κ1) is 25.9. The minimum Gasteiger partial charge on any atom is -0.471 e. The molecule has 7 nitrogen and oxygen atoms in total. The first-order valence-electron chi connectivity index (χ1n) is 12.5. The molecule has 1 saturated carbocycles. The number of fused-ring (bicyclic) bond motifs is 1. The molecule has 3 N–H and O–H groups in total. The molecule has 2 aromatic heterocycles. The third-order valence-electron chi connectivity index (χ3n) is 6.87. The molecule has 0 aromatic carbocycles. The van der Waals surface area contributed by atoms with Crippen LogP contribution in [0.5, 0.6) is 5.88 Å². The fraction of sp³-hybridized carbons (Fsp3) is 0.593. The van der Waals surface area contributed by atoms with Gasteiger partial charge < -0.3 is 20.5 Å². The molecule has 1 aliphatic carbocycles. The number of rotatable bonds is 8. The van der Waals surface area contributed by atoms with Gasteiger partial charge in [0.1, 0.15) is 10.8 Å². The standard InChI is InChI=1S/C27H37ClN4O3/c1-17(33)32-21(11-18-6-9-29-24(28)12-18)23(34)16-30-22-14-27(7-5-8-27)35-25-20(22)10-19(15-31-25)13-26(2,3)4/h6,9-10,12,15,21-23,30,34H,5,7-8,11,13-14,16H2,1-4H3,(H,32,33)/t21-,22-,23+/m0/s1. The van der Waals surface area contributed by atoms with E-state index in [-0.39, 0.29) is 23.0 Å². The zero-order chi connectivity index (χ0) is 25.2. The lowest BCUT2D eigenvalue weighted by Gasteiger charge is -2.47. The molecule has 3 heterocycles. The fourth-order valence-electron chi connectivity index (χ4n) is 5.12. The Labute approximate surface area is 213 Å². The van der Waals surface area contributed by atoms with Crippen molar-refractivity contribution in [3.8, 4) is 5.88 Å². The average molecular weight is 501 g/mol. The minimum atomic E-state index is -0.791. The van der Waals surface area contributed by atoms with E-state index in [0.29, 0.717) is 24.0 Å². The smallest absolute Gasteiger partial charge is 0.218 e. The summed E-state index contributed by atoms with van der Waals surface area (Å²) in [6.45, 7) is 8.45. The number of halogens is 1. The molecule has 3 atom stereocenters. The summed E-state index contributed by atoms with van der Waals surface area (Å²) in [6, 6.07) is 5.37. The summed E-state index contributed by atoms with van der Waals surface area (Å²) in [7, 11) is 0. The molecule has 0 unspecified atom stereocenters. The summed E-state index contributed by atoms with van der Waals surface area (Å²) in [5.74, 6) is 0.514. The number of ether oxygens (including phenoxy) is 1.